The van der Waals surface area contributed by atoms with Crippen molar-refractivity contribution in [2.75, 3.05) is 12.4 Å². The predicted molar refractivity (Wildman–Crippen MR) is 50.9 cm³/mol. The molecule has 1 aromatic heterocycles. The standard InChI is InChI=1S/C9H12ClNO2/c1-7-2-3-8(13-7)4-5-11-9(12)6-10/h2-3H,4-6H2,1H3,(H,11,12). The highest BCUT2D eigenvalue weighted by Gasteiger charge is 2.00. The summed E-state index contributed by atoms with van der Waals surface area (Å²) in [5.74, 6) is 1.63. The minimum absolute atomic E-state index is 0.0111. The van der Waals surface area contributed by atoms with Gasteiger partial charge in [-0.1, -0.05) is 0 Å². The molecule has 3 nitrogen and oxygen atoms in total. The van der Waals surface area contributed by atoms with E-state index in [0.717, 1.165) is 11.5 Å². The molecule has 0 fully saturated rings. The van der Waals surface area contributed by atoms with E-state index in [-0.39, 0.29) is 11.8 Å². The molecule has 0 bridgehead atoms. The summed E-state index contributed by atoms with van der Waals surface area (Å²) in [5.41, 5.74) is 0. The van der Waals surface area contributed by atoms with Crippen LogP contribution in [0.2, 0.25) is 0 Å². The fraction of sp³-hybridized carbons (Fsp3) is 0.444. The molecule has 1 N–H and O–H groups in total. The van der Waals surface area contributed by atoms with E-state index in [9.17, 15) is 4.79 Å². The summed E-state index contributed by atoms with van der Waals surface area (Å²) >= 11 is 5.30. The molecule has 0 aromatic carbocycles. The fourth-order valence-electron chi connectivity index (χ4n) is 0.992. The first-order chi connectivity index (χ1) is 6.22. The first-order valence-corrected chi connectivity index (χ1v) is 4.64. The van der Waals surface area contributed by atoms with Gasteiger partial charge in [-0.25, -0.2) is 0 Å². The van der Waals surface area contributed by atoms with Gasteiger partial charge in [-0.2, -0.15) is 0 Å². The number of carbonyl (C=O) groups is 1. The minimum Gasteiger partial charge on any atom is -0.466 e. The van der Waals surface area contributed by atoms with Gasteiger partial charge in [0.25, 0.3) is 0 Å². The molecule has 0 aliphatic carbocycles. The first kappa shape index (κ1) is 10.1. The van der Waals surface area contributed by atoms with Gasteiger partial charge in [-0.05, 0) is 19.1 Å². The molecule has 0 saturated carbocycles. The monoisotopic (exact) mass is 201 g/mol. The lowest BCUT2D eigenvalue weighted by atomic mass is 10.3. The predicted octanol–water partition coefficient (Wildman–Crippen LogP) is 1.49. The average Bonchev–Trinajstić information content (AvgIpc) is 2.51. The Kier molecular flexibility index (Phi) is 3.83. The summed E-state index contributed by atoms with van der Waals surface area (Å²) in [6.45, 7) is 2.46. The van der Waals surface area contributed by atoms with Crippen molar-refractivity contribution in [3.05, 3.63) is 23.7 Å². The quantitative estimate of drug-likeness (QED) is 0.750. The Morgan fingerprint density at radius 2 is 2.38 bits per heavy atom. The number of halogens is 1. The lowest BCUT2D eigenvalue weighted by Crippen LogP contribution is -2.26. The highest BCUT2D eigenvalue weighted by molar-refractivity contribution is 6.27. The van der Waals surface area contributed by atoms with E-state index in [4.69, 9.17) is 16.0 Å². The van der Waals surface area contributed by atoms with Crippen LogP contribution < -0.4 is 5.32 Å². The van der Waals surface area contributed by atoms with Gasteiger partial charge in [0, 0.05) is 13.0 Å². The molecule has 1 aromatic rings. The highest BCUT2D eigenvalue weighted by atomic mass is 35.5. The van der Waals surface area contributed by atoms with Crippen LogP contribution in [0.5, 0.6) is 0 Å². The third-order valence-corrected chi connectivity index (χ3v) is 1.85. The smallest absolute Gasteiger partial charge is 0.234 e. The van der Waals surface area contributed by atoms with Crippen molar-refractivity contribution in [2.45, 2.75) is 13.3 Å². The molecular weight excluding hydrogens is 190 g/mol. The third-order valence-electron chi connectivity index (χ3n) is 1.61. The molecule has 0 radical (unpaired) electrons. The molecule has 0 saturated heterocycles. The second-order valence-corrected chi connectivity index (χ2v) is 3.01. The maximum Gasteiger partial charge on any atom is 0.234 e. The molecule has 0 aliphatic rings. The topological polar surface area (TPSA) is 42.2 Å². The maximum absolute atomic E-state index is 10.7. The van der Waals surface area contributed by atoms with E-state index in [0.29, 0.717) is 13.0 Å². The van der Waals surface area contributed by atoms with Gasteiger partial charge in [0.2, 0.25) is 5.91 Å². The molecule has 13 heavy (non-hydrogen) atoms. The molecule has 1 rings (SSSR count). The number of furan rings is 1. The normalized spacial score (nSPS) is 10.0. The van der Waals surface area contributed by atoms with Crippen LogP contribution in [0.3, 0.4) is 0 Å². The number of hydrogen-bond acceptors (Lipinski definition) is 2. The van der Waals surface area contributed by atoms with Crippen molar-refractivity contribution in [1.82, 2.24) is 5.32 Å². The van der Waals surface area contributed by atoms with Gasteiger partial charge in [0.1, 0.15) is 17.4 Å². The van der Waals surface area contributed by atoms with Gasteiger partial charge in [0.15, 0.2) is 0 Å². The van der Waals surface area contributed by atoms with E-state index in [1.54, 1.807) is 0 Å². The summed E-state index contributed by atoms with van der Waals surface area (Å²) in [5, 5.41) is 2.66. The van der Waals surface area contributed by atoms with Gasteiger partial charge < -0.3 is 9.73 Å². The van der Waals surface area contributed by atoms with Crippen molar-refractivity contribution in [2.24, 2.45) is 0 Å². The fourth-order valence-corrected chi connectivity index (χ4v) is 1.09. The Balaban J connectivity index is 2.24. The second kappa shape index (κ2) is 4.92. The first-order valence-electron chi connectivity index (χ1n) is 4.10. The summed E-state index contributed by atoms with van der Waals surface area (Å²) in [6, 6.07) is 3.81. The lowest BCUT2D eigenvalue weighted by molar-refractivity contribution is -0.118. The molecule has 4 heteroatoms. The number of hydrogen-bond donors (Lipinski definition) is 1. The van der Waals surface area contributed by atoms with Crippen LogP contribution in [0.15, 0.2) is 16.5 Å². The maximum atomic E-state index is 10.7. The number of aryl methyl sites for hydroxylation is 1. The van der Waals surface area contributed by atoms with Gasteiger partial charge in [0.05, 0.1) is 0 Å². The van der Waals surface area contributed by atoms with Crippen molar-refractivity contribution in [1.29, 1.82) is 0 Å². The summed E-state index contributed by atoms with van der Waals surface area (Å²) < 4.78 is 5.31. The lowest BCUT2D eigenvalue weighted by Gasteiger charge is -1.99. The third kappa shape index (κ3) is 3.51. The molecule has 72 valence electrons. The van der Waals surface area contributed by atoms with Crippen LogP contribution in [-0.4, -0.2) is 18.3 Å². The average molecular weight is 202 g/mol. The van der Waals surface area contributed by atoms with Crippen molar-refractivity contribution in [3.63, 3.8) is 0 Å². The Hall–Kier alpha value is -0.960. The Morgan fingerprint density at radius 3 is 2.92 bits per heavy atom. The van der Waals surface area contributed by atoms with E-state index in [1.807, 2.05) is 19.1 Å². The van der Waals surface area contributed by atoms with Crippen molar-refractivity contribution in [3.8, 4) is 0 Å². The van der Waals surface area contributed by atoms with Crippen LogP contribution in [0, 0.1) is 6.92 Å². The van der Waals surface area contributed by atoms with Gasteiger partial charge >= 0.3 is 0 Å². The van der Waals surface area contributed by atoms with Crippen molar-refractivity contribution >= 4 is 17.5 Å². The Labute approximate surface area is 82.1 Å². The van der Waals surface area contributed by atoms with Crippen LogP contribution in [-0.2, 0) is 11.2 Å². The van der Waals surface area contributed by atoms with E-state index < -0.39 is 0 Å². The molecule has 0 unspecified atom stereocenters. The molecule has 0 aliphatic heterocycles. The number of nitrogens with one attached hydrogen (secondary N) is 1. The molecule has 0 spiro atoms. The number of rotatable bonds is 4. The number of alkyl halides is 1. The van der Waals surface area contributed by atoms with Gasteiger partial charge in [-0.15, -0.1) is 11.6 Å². The van der Waals surface area contributed by atoms with E-state index >= 15 is 0 Å². The van der Waals surface area contributed by atoms with Crippen molar-refractivity contribution < 1.29 is 9.21 Å². The SMILES string of the molecule is Cc1ccc(CCNC(=O)CCl)o1. The molecule has 0 atom stereocenters. The van der Waals surface area contributed by atoms with Crippen LogP contribution in [0.25, 0.3) is 0 Å². The van der Waals surface area contributed by atoms with Gasteiger partial charge in [-0.3, -0.25) is 4.79 Å². The van der Waals surface area contributed by atoms with Crippen LogP contribution >= 0.6 is 11.6 Å². The summed E-state index contributed by atoms with van der Waals surface area (Å²) in [4.78, 5) is 10.7. The molecule has 1 amide bonds. The minimum atomic E-state index is -0.148. The second-order valence-electron chi connectivity index (χ2n) is 2.75. The molecular formula is C9H12ClNO2. The van der Waals surface area contributed by atoms with Crippen LogP contribution in [0.4, 0.5) is 0 Å². The molecule has 1 heterocycles. The zero-order chi connectivity index (χ0) is 9.68. The largest absolute Gasteiger partial charge is 0.466 e. The summed E-state index contributed by atoms with van der Waals surface area (Å²) in [6.07, 6.45) is 0.705. The Morgan fingerprint density at radius 1 is 1.62 bits per heavy atom. The number of carbonyl (C=O) groups excluding carboxylic acids is 1. The van der Waals surface area contributed by atoms with Crippen LogP contribution in [0.1, 0.15) is 11.5 Å². The number of amides is 1. The zero-order valence-electron chi connectivity index (χ0n) is 7.47. The Bertz CT molecular complexity index is 283. The van der Waals surface area contributed by atoms with E-state index in [2.05, 4.69) is 5.32 Å². The summed E-state index contributed by atoms with van der Waals surface area (Å²) in [7, 11) is 0. The van der Waals surface area contributed by atoms with E-state index in [1.165, 1.54) is 0 Å². The highest BCUT2D eigenvalue weighted by Crippen LogP contribution is 2.05. The zero-order valence-corrected chi connectivity index (χ0v) is 8.23.